The number of likely N-dealkylation sites (tertiary alicyclic amines) is 1. The topological polar surface area (TPSA) is 94.1 Å². The van der Waals surface area contributed by atoms with Crippen molar-refractivity contribution in [2.24, 2.45) is 0 Å². The zero-order chi connectivity index (χ0) is 20.5. The molecule has 0 aliphatic carbocycles. The number of carbonyl (C=O) groups is 1. The van der Waals surface area contributed by atoms with Gasteiger partial charge < -0.3 is 9.32 Å². The Morgan fingerprint density at radius 1 is 1.23 bits per heavy atom. The lowest BCUT2D eigenvalue weighted by Crippen LogP contribution is -2.42. The van der Waals surface area contributed by atoms with Gasteiger partial charge in [0.2, 0.25) is 17.7 Å². The lowest BCUT2D eigenvalue weighted by molar-refractivity contribution is -0.133. The fourth-order valence-electron chi connectivity index (χ4n) is 3.77. The summed E-state index contributed by atoms with van der Waals surface area (Å²) in [5.74, 6) is 0.937. The molecule has 0 spiro atoms. The maximum Gasteiger partial charge on any atom is 0.261 e. The van der Waals surface area contributed by atoms with Gasteiger partial charge in [0.25, 0.3) is 5.56 Å². The Morgan fingerprint density at radius 3 is 3.00 bits per heavy atom. The summed E-state index contributed by atoms with van der Waals surface area (Å²) in [6.07, 6.45) is 3.17. The predicted molar refractivity (Wildman–Crippen MR) is 112 cm³/mol. The number of nitrogens with zero attached hydrogens (tertiary/aromatic N) is 5. The maximum absolute atomic E-state index is 12.9. The fourth-order valence-corrected chi connectivity index (χ4v) is 4.40. The molecule has 9 heteroatoms. The molecule has 4 heterocycles. The fraction of sp³-hybridized carbons (Fsp3) is 0.286. The van der Waals surface area contributed by atoms with Gasteiger partial charge in [-0.15, -0.1) is 10.2 Å². The minimum Gasteiger partial charge on any atom is -0.420 e. The monoisotopic (exact) mass is 421 g/mol. The van der Waals surface area contributed by atoms with Crippen LogP contribution in [0.4, 0.5) is 0 Å². The number of amides is 1. The highest BCUT2D eigenvalue weighted by Gasteiger charge is 2.29. The van der Waals surface area contributed by atoms with Crippen molar-refractivity contribution in [3.05, 3.63) is 63.7 Å². The van der Waals surface area contributed by atoms with Crippen molar-refractivity contribution in [3.8, 4) is 11.5 Å². The van der Waals surface area contributed by atoms with Crippen LogP contribution in [0.2, 0.25) is 0 Å². The van der Waals surface area contributed by atoms with E-state index < -0.39 is 0 Å². The van der Waals surface area contributed by atoms with E-state index >= 15 is 0 Å². The summed E-state index contributed by atoms with van der Waals surface area (Å²) >= 11 is 1.57. The van der Waals surface area contributed by atoms with Gasteiger partial charge in [-0.2, -0.15) is 11.3 Å². The molecule has 0 bridgehead atoms. The summed E-state index contributed by atoms with van der Waals surface area (Å²) < 4.78 is 7.23. The average Bonchev–Trinajstić information content (AvgIpc) is 3.48. The van der Waals surface area contributed by atoms with Crippen LogP contribution in [0, 0.1) is 0 Å². The summed E-state index contributed by atoms with van der Waals surface area (Å²) in [6.45, 7) is 1.11. The molecule has 0 saturated carbocycles. The Kier molecular flexibility index (Phi) is 4.88. The second-order valence-corrected chi connectivity index (χ2v) is 8.11. The molecule has 1 aromatic carbocycles. The molecule has 0 N–H and O–H groups in total. The van der Waals surface area contributed by atoms with Gasteiger partial charge in [-0.3, -0.25) is 14.2 Å². The summed E-state index contributed by atoms with van der Waals surface area (Å²) in [6, 6.07) is 9.07. The molecule has 4 aromatic rings. The first-order valence-corrected chi connectivity index (χ1v) is 10.7. The van der Waals surface area contributed by atoms with Crippen molar-refractivity contribution in [2.75, 3.05) is 13.1 Å². The summed E-state index contributed by atoms with van der Waals surface area (Å²) in [5, 5.41) is 12.8. The summed E-state index contributed by atoms with van der Waals surface area (Å²) in [5.41, 5.74) is 1.33. The Balaban J connectivity index is 1.31. The van der Waals surface area contributed by atoms with E-state index in [1.807, 2.05) is 22.9 Å². The molecule has 30 heavy (non-hydrogen) atoms. The molecule has 1 fully saturated rings. The SMILES string of the molecule is O=C(Cn1cnc2ccccc2c1=O)N1CCCC(c2nnc(-c3ccsc3)o2)C1. The lowest BCUT2D eigenvalue weighted by atomic mass is 9.98. The Labute approximate surface area is 175 Å². The van der Waals surface area contributed by atoms with E-state index in [0.717, 1.165) is 18.4 Å². The zero-order valence-electron chi connectivity index (χ0n) is 16.1. The highest BCUT2D eigenvalue weighted by molar-refractivity contribution is 7.08. The van der Waals surface area contributed by atoms with E-state index in [0.29, 0.717) is 35.8 Å². The number of thiophene rings is 1. The van der Waals surface area contributed by atoms with Crippen molar-refractivity contribution in [3.63, 3.8) is 0 Å². The van der Waals surface area contributed by atoms with Crippen LogP contribution in [0.15, 0.2) is 56.6 Å². The van der Waals surface area contributed by atoms with Gasteiger partial charge in [0.15, 0.2) is 0 Å². The van der Waals surface area contributed by atoms with Crippen LogP contribution in [-0.2, 0) is 11.3 Å². The molecular weight excluding hydrogens is 402 g/mol. The number of carbonyl (C=O) groups excluding carboxylic acids is 1. The number of hydrogen-bond donors (Lipinski definition) is 0. The number of piperidine rings is 1. The summed E-state index contributed by atoms with van der Waals surface area (Å²) in [4.78, 5) is 31.6. The quantitative estimate of drug-likeness (QED) is 0.503. The third-order valence-electron chi connectivity index (χ3n) is 5.37. The van der Waals surface area contributed by atoms with Crippen LogP contribution < -0.4 is 5.56 Å². The van der Waals surface area contributed by atoms with Gasteiger partial charge in [0.05, 0.1) is 23.1 Å². The molecule has 5 rings (SSSR count). The molecule has 8 nitrogen and oxygen atoms in total. The molecule has 0 radical (unpaired) electrons. The van der Waals surface area contributed by atoms with E-state index in [2.05, 4.69) is 15.2 Å². The molecule has 1 saturated heterocycles. The largest absolute Gasteiger partial charge is 0.420 e. The van der Waals surface area contributed by atoms with Gasteiger partial charge in [0.1, 0.15) is 6.54 Å². The number of hydrogen-bond acceptors (Lipinski definition) is 7. The lowest BCUT2D eigenvalue weighted by Gasteiger charge is -2.31. The molecule has 152 valence electrons. The molecule has 1 atom stereocenters. The number of para-hydroxylation sites is 1. The predicted octanol–water partition coefficient (Wildman–Crippen LogP) is 2.91. The first kappa shape index (κ1) is 18.7. The van der Waals surface area contributed by atoms with Crippen molar-refractivity contribution in [2.45, 2.75) is 25.3 Å². The minimum atomic E-state index is -0.209. The van der Waals surface area contributed by atoms with E-state index in [1.54, 1.807) is 34.4 Å². The Morgan fingerprint density at radius 2 is 2.13 bits per heavy atom. The number of fused-ring (bicyclic) bond motifs is 1. The summed E-state index contributed by atoms with van der Waals surface area (Å²) in [7, 11) is 0. The van der Waals surface area contributed by atoms with Crippen molar-refractivity contribution >= 4 is 28.1 Å². The van der Waals surface area contributed by atoms with E-state index in [1.165, 1.54) is 10.9 Å². The minimum absolute atomic E-state index is 0.00552. The zero-order valence-corrected chi connectivity index (χ0v) is 16.9. The molecule has 1 unspecified atom stereocenters. The van der Waals surface area contributed by atoms with E-state index in [4.69, 9.17) is 4.42 Å². The third kappa shape index (κ3) is 3.52. The maximum atomic E-state index is 12.9. The molecule has 1 amide bonds. The van der Waals surface area contributed by atoms with E-state index in [9.17, 15) is 9.59 Å². The molecule has 3 aromatic heterocycles. The highest BCUT2D eigenvalue weighted by Crippen LogP contribution is 2.29. The second kappa shape index (κ2) is 7.83. The van der Waals surface area contributed by atoms with Gasteiger partial charge in [0, 0.05) is 24.0 Å². The first-order valence-electron chi connectivity index (χ1n) is 9.77. The Hall–Kier alpha value is -3.33. The van der Waals surface area contributed by atoms with Crippen LogP contribution in [0.1, 0.15) is 24.7 Å². The standard InChI is InChI=1S/C21H19N5O3S/c27-18(11-26-13-22-17-6-2-1-5-16(17)21(26)28)25-8-3-4-14(10-25)19-23-24-20(29-19)15-7-9-30-12-15/h1-2,5-7,9,12-14H,3-4,8,10-11H2. The number of aromatic nitrogens is 4. The molecular formula is C21H19N5O3S. The van der Waals surface area contributed by atoms with Crippen LogP contribution in [-0.4, -0.2) is 43.6 Å². The highest BCUT2D eigenvalue weighted by atomic mass is 32.1. The van der Waals surface area contributed by atoms with Crippen molar-refractivity contribution in [1.29, 1.82) is 0 Å². The number of rotatable bonds is 4. The van der Waals surface area contributed by atoms with Crippen molar-refractivity contribution < 1.29 is 9.21 Å². The van der Waals surface area contributed by atoms with Gasteiger partial charge in [-0.1, -0.05) is 12.1 Å². The van der Waals surface area contributed by atoms with Gasteiger partial charge in [-0.05, 0) is 36.4 Å². The van der Waals surface area contributed by atoms with Crippen LogP contribution in [0.5, 0.6) is 0 Å². The Bertz CT molecular complexity index is 1250. The molecule has 1 aliphatic rings. The smallest absolute Gasteiger partial charge is 0.261 e. The van der Waals surface area contributed by atoms with Crippen LogP contribution in [0.25, 0.3) is 22.4 Å². The second-order valence-electron chi connectivity index (χ2n) is 7.33. The average molecular weight is 421 g/mol. The number of benzene rings is 1. The normalized spacial score (nSPS) is 16.8. The van der Waals surface area contributed by atoms with Crippen molar-refractivity contribution in [1.82, 2.24) is 24.6 Å². The van der Waals surface area contributed by atoms with Crippen LogP contribution in [0.3, 0.4) is 0 Å². The van der Waals surface area contributed by atoms with E-state index in [-0.39, 0.29) is 23.9 Å². The molecule has 1 aliphatic heterocycles. The van der Waals surface area contributed by atoms with Gasteiger partial charge >= 0.3 is 0 Å². The van der Waals surface area contributed by atoms with Crippen LogP contribution >= 0.6 is 11.3 Å². The first-order chi connectivity index (χ1) is 14.7. The third-order valence-corrected chi connectivity index (χ3v) is 6.05. The van der Waals surface area contributed by atoms with Gasteiger partial charge in [-0.25, -0.2) is 4.98 Å².